The third-order valence-electron chi connectivity index (χ3n) is 2.33. The predicted molar refractivity (Wildman–Crippen MR) is 75.3 cm³/mol. The van der Waals surface area contributed by atoms with Crippen molar-refractivity contribution in [1.82, 2.24) is 5.32 Å². The molecule has 0 radical (unpaired) electrons. The summed E-state index contributed by atoms with van der Waals surface area (Å²) in [6.07, 6.45) is 0.149. The van der Waals surface area contributed by atoms with Crippen LogP contribution in [0.25, 0.3) is 0 Å². The zero-order chi connectivity index (χ0) is 12.7. The second-order valence-corrected chi connectivity index (χ2v) is 6.56. The van der Waals surface area contributed by atoms with E-state index in [2.05, 4.69) is 5.32 Å². The van der Waals surface area contributed by atoms with Gasteiger partial charge < -0.3 is 10.4 Å². The minimum absolute atomic E-state index is 0.149. The first-order valence-corrected chi connectivity index (χ1v) is 7.63. The van der Waals surface area contributed by atoms with E-state index in [9.17, 15) is 4.79 Å². The Morgan fingerprint density at radius 1 is 1.41 bits per heavy atom. The number of carbonyl (C=O) groups is 1. The largest absolute Gasteiger partial charge is 0.481 e. The Hall–Kier alpha value is -0.520. The molecule has 1 fully saturated rings. The molecule has 2 rings (SSSR count). The third-order valence-corrected chi connectivity index (χ3v) is 4.33. The van der Waals surface area contributed by atoms with E-state index in [1.807, 2.05) is 31.7 Å². The summed E-state index contributed by atoms with van der Waals surface area (Å²) in [4.78, 5) is 12.6. The summed E-state index contributed by atoms with van der Waals surface area (Å²) in [6.45, 7) is 6.37. The van der Waals surface area contributed by atoms with Crippen molar-refractivity contribution in [3.8, 4) is 0 Å². The number of hydrogen-bond acceptors (Lipinski definition) is 4. The van der Waals surface area contributed by atoms with E-state index in [0.29, 0.717) is 0 Å². The SMILES string of the molecule is C1CSCCN1.Cc1cc(CC(=O)O)c(C)s1. The van der Waals surface area contributed by atoms with Crippen LogP contribution in [0.1, 0.15) is 15.3 Å². The molecule has 1 aliphatic rings. The zero-order valence-electron chi connectivity index (χ0n) is 10.3. The van der Waals surface area contributed by atoms with E-state index in [1.54, 1.807) is 11.3 Å². The van der Waals surface area contributed by atoms with Gasteiger partial charge in [-0.05, 0) is 25.5 Å². The summed E-state index contributed by atoms with van der Waals surface area (Å²) in [5, 5.41) is 11.8. The van der Waals surface area contributed by atoms with E-state index in [4.69, 9.17) is 5.11 Å². The van der Waals surface area contributed by atoms with E-state index < -0.39 is 5.97 Å². The van der Waals surface area contributed by atoms with Gasteiger partial charge in [-0.15, -0.1) is 11.3 Å². The highest BCUT2D eigenvalue weighted by Gasteiger charge is 2.05. The second kappa shape index (κ2) is 7.74. The normalized spacial score (nSPS) is 14.9. The van der Waals surface area contributed by atoms with Crippen molar-refractivity contribution >= 4 is 29.1 Å². The molecule has 0 aliphatic carbocycles. The van der Waals surface area contributed by atoms with Crippen molar-refractivity contribution in [2.24, 2.45) is 0 Å². The predicted octanol–water partition coefficient (Wildman–Crippen LogP) is 2.31. The molecule has 0 spiro atoms. The van der Waals surface area contributed by atoms with Crippen molar-refractivity contribution in [2.45, 2.75) is 20.3 Å². The minimum atomic E-state index is -0.758. The van der Waals surface area contributed by atoms with E-state index in [1.165, 1.54) is 29.5 Å². The molecule has 2 heterocycles. The average molecular weight is 273 g/mol. The summed E-state index contributed by atoms with van der Waals surface area (Å²) in [7, 11) is 0. The van der Waals surface area contributed by atoms with Gasteiger partial charge in [-0.1, -0.05) is 0 Å². The van der Waals surface area contributed by atoms with Gasteiger partial charge in [0.15, 0.2) is 0 Å². The highest BCUT2D eigenvalue weighted by atomic mass is 32.2. The molecule has 1 aromatic heterocycles. The first-order chi connectivity index (χ1) is 8.09. The number of hydrogen-bond donors (Lipinski definition) is 2. The molecule has 0 atom stereocenters. The van der Waals surface area contributed by atoms with Gasteiger partial charge in [0, 0.05) is 34.3 Å². The Kier molecular flexibility index (Phi) is 6.62. The van der Waals surface area contributed by atoms with Crippen molar-refractivity contribution in [2.75, 3.05) is 24.6 Å². The number of aliphatic carboxylic acids is 1. The number of aryl methyl sites for hydroxylation is 2. The fourth-order valence-electron chi connectivity index (χ4n) is 1.54. The average Bonchev–Trinajstić information content (AvgIpc) is 2.60. The first kappa shape index (κ1) is 14.5. The molecule has 0 bridgehead atoms. The maximum Gasteiger partial charge on any atom is 0.307 e. The van der Waals surface area contributed by atoms with E-state index in [-0.39, 0.29) is 6.42 Å². The summed E-state index contributed by atoms with van der Waals surface area (Å²) in [6, 6.07) is 1.94. The van der Waals surface area contributed by atoms with Crippen LogP contribution in [0.3, 0.4) is 0 Å². The molecule has 3 nitrogen and oxygen atoms in total. The smallest absolute Gasteiger partial charge is 0.307 e. The van der Waals surface area contributed by atoms with Gasteiger partial charge in [0.05, 0.1) is 6.42 Å². The lowest BCUT2D eigenvalue weighted by molar-refractivity contribution is -0.136. The van der Waals surface area contributed by atoms with Gasteiger partial charge in [0.1, 0.15) is 0 Å². The summed E-state index contributed by atoms with van der Waals surface area (Å²) >= 11 is 3.68. The molecule has 2 N–H and O–H groups in total. The zero-order valence-corrected chi connectivity index (χ0v) is 11.9. The van der Waals surface area contributed by atoms with Crippen LogP contribution in [-0.4, -0.2) is 35.7 Å². The molecule has 17 heavy (non-hydrogen) atoms. The molecule has 1 saturated heterocycles. The Labute approximate surface area is 111 Å². The van der Waals surface area contributed by atoms with Crippen molar-refractivity contribution in [1.29, 1.82) is 0 Å². The molecular formula is C12H19NO2S2. The fraction of sp³-hybridized carbons (Fsp3) is 0.583. The molecule has 1 aliphatic heterocycles. The van der Waals surface area contributed by atoms with E-state index >= 15 is 0 Å². The van der Waals surface area contributed by atoms with Gasteiger partial charge in [-0.3, -0.25) is 4.79 Å². The highest BCUT2D eigenvalue weighted by Crippen LogP contribution is 2.20. The van der Waals surface area contributed by atoms with Gasteiger partial charge in [0.2, 0.25) is 0 Å². The highest BCUT2D eigenvalue weighted by molar-refractivity contribution is 7.99. The lowest BCUT2D eigenvalue weighted by Crippen LogP contribution is -2.24. The van der Waals surface area contributed by atoms with Crippen LogP contribution in [0, 0.1) is 13.8 Å². The number of nitrogens with one attached hydrogen (secondary N) is 1. The van der Waals surface area contributed by atoms with Gasteiger partial charge in [-0.25, -0.2) is 0 Å². The Morgan fingerprint density at radius 3 is 2.35 bits per heavy atom. The minimum Gasteiger partial charge on any atom is -0.481 e. The maximum atomic E-state index is 10.3. The summed E-state index contributed by atoms with van der Waals surface area (Å²) in [5.74, 6) is 1.85. The first-order valence-electron chi connectivity index (χ1n) is 5.65. The maximum absolute atomic E-state index is 10.3. The van der Waals surface area contributed by atoms with Gasteiger partial charge in [0.25, 0.3) is 0 Å². The van der Waals surface area contributed by atoms with Gasteiger partial charge in [-0.2, -0.15) is 11.8 Å². The third kappa shape index (κ3) is 6.10. The molecule has 5 heteroatoms. The lowest BCUT2D eigenvalue weighted by Gasteiger charge is -2.08. The van der Waals surface area contributed by atoms with Crippen LogP contribution >= 0.6 is 23.1 Å². The van der Waals surface area contributed by atoms with Crippen molar-refractivity contribution in [3.05, 3.63) is 21.4 Å². The molecule has 0 saturated carbocycles. The number of carboxylic acid groups (broad SMARTS) is 1. The van der Waals surface area contributed by atoms with Crippen LogP contribution in [0.15, 0.2) is 6.07 Å². The number of rotatable bonds is 2. The van der Waals surface area contributed by atoms with Crippen LogP contribution < -0.4 is 5.32 Å². The molecule has 1 aromatic rings. The van der Waals surface area contributed by atoms with Crippen LogP contribution in [0.5, 0.6) is 0 Å². The second-order valence-electron chi connectivity index (χ2n) is 3.87. The fourth-order valence-corrected chi connectivity index (χ4v) is 3.27. The number of carboxylic acids is 1. The van der Waals surface area contributed by atoms with Crippen molar-refractivity contribution < 1.29 is 9.90 Å². The molecular weight excluding hydrogens is 254 g/mol. The Balaban J connectivity index is 0.000000202. The molecule has 96 valence electrons. The molecule has 0 amide bonds. The standard InChI is InChI=1S/C8H10O2S.C4H9NS/c1-5-3-7(4-8(9)10)6(2)11-5;1-3-6-4-2-5-1/h3H,4H2,1-2H3,(H,9,10);5H,1-4H2. The lowest BCUT2D eigenvalue weighted by atomic mass is 10.2. The van der Waals surface area contributed by atoms with Crippen LogP contribution in [-0.2, 0) is 11.2 Å². The summed E-state index contributed by atoms with van der Waals surface area (Å²) in [5.41, 5.74) is 0.944. The molecule has 0 aromatic carbocycles. The van der Waals surface area contributed by atoms with Crippen LogP contribution in [0.4, 0.5) is 0 Å². The quantitative estimate of drug-likeness (QED) is 0.868. The van der Waals surface area contributed by atoms with Gasteiger partial charge >= 0.3 is 5.97 Å². The Morgan fingerprint density at radius 2 is 2.06 bits per heavy atom. The van der Waals surface area contributed by atoms with Crippen molar-refractivity contribution in [3.63, 3.8) is 0 Å². The Bertz CT molecular complexity index is 348. The summed E-state index contributed by atoms with van der Waals surface area (Å²) < 4.78 is 0. The van der Waals surface area contributed by atoms with Crippen LogP contribution in [0.2, 0.25) is 0 Å². The number of thiophene rings is 1. The molecule has 0 unspecified atom stereocenters. The van der Waals surface area contributed by atoms with E-state index in [0.717, 1.165) is 10.4 Å². The number of thioether (sulfide) groups is 1. The monoisotopic (exact) mass is 273 g/mol. The topological polar surface area (TPSA) is 49.3 Å².